The molecule has 3 rings (SSSR count). The highest BCUT2D eigenvalue weighted by molar-refractivity contribution is 5.99. The lowest BCUT2D eigenvalue weighted by Crippen LogP contribution is -2.40. The summed E-state index contributed by atoms with van der Waals surface area (Å²) >= 11 is 0. The van der Waals surface area contributed by atoms with Gasteiger partial charge in [-0.3, -0.25) is 13.9 Å². The molecule has 0 saturated heterocycles. The highest BCUT2D eigenvalue weighted by Gasteiger charge is 2.19. The van der Waals surface area contributed by atoms with Crippen LogP contribution in [0.4, 0.5) is 5.69 Å². The first kappa shape index (κ1) is 13.0. The van der Waals surface area contributed by atoms with E-state index < -0.39 is 0 Å². The lowest BCUT2D eigenvalue weighted by Gasteiger charge is -2.25. The molecule has 0 fully saturated rings. The van der Waals surface area contributed by atoms with Crippen molar-refractivity contribution in [2.75, 3.05) is 11.6 Å². The van der Waals surface area contributed by atoms with Gasteiger partial charge in [-0.05, 0) is 18.2 Å². The average molecular weight is 283 g/mol. The Kier molecular flexibility index (Phi) is 2.80. The standard InChI is InChI=1S/C14H13N5O2/c1-17-11-4-3-10(5-12(11)18(2)14(17)21)19-7-9(6-15)13(20)16-8-19/h3-5,7H,8H2,1-2H3,(H,16,20). The van der Waals surface area contributed by atoms with Crippen LogP contribution >= 0.6 is 0 Å². The number of nitrogens with one attached hydrogen (secondary N) is 1. The first-order valence-electron chi connectivity index (χ1n) is 6.35. The van der Waals surface area contributed by atoms with Crippen molar-refractivity contribution in [3.8, 4) is 6.07 Å². The summed E-state index contributed by atoms with van der Waals surface area (Å²) in [5.41, 5.74) is 2.39. The van der Waals surface area contributed by atoms with Crippen molar-refractivity contribution in [1.29, 1.82) is 5.26 Å². The Morgan fingerprint density at radius 2 is 1.90 bits per heavy atom. The van der Waals surface area contributed by atoms with Gasteiger partial charge < -0.3 is 10.2 Å². The van der Waals surface area contributed by atoms with Crippen molar-refractivity contribution in [2.24, 2.45) is 14.1 Å². The Balaban J connectivity index is 2.13. The lowest BCUT2D eigenvalue weighted by molar-refractivity contribution is -0.117. The van der Waals surface area contributed by atoms with Crippen molar-refractivity contribution >= 4 is 22.6 Å². The Morgan fingerprint density at radius 1 is 1.19 bits per heavy atom. The molecule has 106 valence electrons. The van der Waals surface area contributed by atoms with Gasteiger partial charge >= 0.3 is 5.69 Å². The van der Waals surface area contributed by atoms with Crippen LogP contribution in [0.2, 0.25) is 0 Å². The van der Waals surface area contributed by atoms with Gasteiger partial charge in [-0.1, -0.05) is 0 Å². The van der Waals surface area contributed by atoms with E-state index in [0.29, 0.717) is 0 Å². The first-order valence-corrected chi connectivity index (χ1v) is 6.35. The number of nitriles is 1. The van der Waals surface area contributed by atoms with Gasteiger partial charge in [-0.15, -0.1) is 0 Å². The number of hydrogen-bond acceptors (Lipinski definition) is 4. The van der Waals surface area contributed by atoms with E-state index in [1.165, 1.54) is 6.20 Å². The molecular formula is C14H13N5O2. The Morgan fingerprint density at radius 3 is 2.62 bits per heavy atom. The van der Waals surface area contributed by atoms with E-state index in [1.54, 1.807) is 28.1 Å². The molecule has 1 aliphatic heterocycles. The Hall–Kier alpha value is -3.01. The molecule has 1 aromatic carbocycles. The zero-order chi connectivity index (χ0) is 15.1. The lowest BCUT2D eigenvalue weighted by atomic mass is 10.2. The third-order valence-corrected chi connectivity index (χ3v) is 3.65. The Bertz CT molecular complexity index is 881. The van der Waals surface area contributed by atoms with Gasteiger partial charge in [-0.2, -0.15) is 5.26 Å². The SMILES string of the molecule is Cn1c(=O)n(C)c2cc(N3C=C(C#N)C(=O)NC3)ccc21. The molecule has 7 nitrogen and oxygen atoms in total. The maximum Gasteiger partial charge on any atom is 0.328 e. The summed E-state index contributed by atoms with van der Waals surface area (Å²) in [5, 5.41) is 11.6. The average Bonchev–Trinajstić information content (AvgIpc) is 2.72. The van der Waals surface area contributed by atoms with Crippen LogP contribution in [-0.2, 0) is 18.9 Å². The molecule has 0 radical (unpaired) electrons. The van der Waals surface area contributed by atoms with Gasteiger partial charge in [0.2, 0.25) is 0 Å². The molecule has 2 heterocycles. The number of benzene rings is 1. The van der Waals surface area contributed by atoms with Crippen LogP contribution in [0, 0.1) is 11.3 Å². The van der Waals surface area contributed by atoms with Gasteiger partial charge in [0.25, 0.3) is 5.91 Å². The number of aromatic nitrogens is 2. The largest absolute Gasteiger partial charge is 0.333 e. The van der Waals surface area contributed by atoms with E-state index in [2.05, 4.69) is 5.32 Å². The van der Waals surface area contributed by atoms with Crippen LogP contribution in [0.3, 0.4) is 0 Å². The minimum atomic E-state index is -0.373. The van der Waals surface area contributed by atoms with Crippen LogP contribution in [-0.4, -0.2) is 21.7 Å². The quantitative estimate of drug-likeness (QED) is 0.809. The third-order valence-electron chi connectivity index (χ3n) is 3.65. The van der Waals surface area contributed by atoms with E-state index in [-0.39, 0.29) is 23.8 Å². The predicted molar refractivity (Wildman–Crippen MR) is 77.3 cm³/mol. The van der Waals surface area contributed by atoms with E-state index in [1.807, 2.05) is 24.3 Å². The van der Waals surface area contributed by atoms with E-state index in [0.717, 1.165) is 16.7 Å². The molecule has 0 saturated carbocycles. The van der Waals surface area contributed by atoms with Crippen LogP contribution in [0.25, 0.3) is 11.0 Å². The molecule has 0 aliphatic carbocycles. The number of imidazole rings is 1. The zero-order valence-electron chi connectivity index (χ0n) is 11.6. The van der Waals surface area contributed by atoms with Crippen molar-refractivity contribution in [2.45, 2.75) is 0 Å². The van der Waals surface area contributed by atoms with Gasteiger partial charge in [0.05, 0.1) is 17.7 Å². The van der Waals surface area contributed by atoms with Crippen molar-refractivity contribution < 1.29 is 4.79 Å². The Labute approximate surface area is 120 Å². The van der Waals surface area contributed by atoms with Crippen LogP contribution in [0.1, 0.15) is 0 Å². The maximum absolute atomic E-state index is 11.9. The van der Waals surface area contributed by atoms with Crippen LogP contribution < -0.4 is 15.9 Å². The number of fused-ring (bicyclic) bond motifs is 1. The summed E-state index contributed by atoms with van der Waals surface area (Å²) in [6, 6.07) is 7.43. The molecule has 1 aliphatic rings. The number of amides is 1. The van der Waals surface area contributed by atoms with Gasteiger partial charge in [0, 0.05) is 26.0 Å². The zero-order valence-corrected chi connectivity index (χ0v) is 11.6. The molecule has 1 aromatic heterocycles. The summed E-state index contributed by atoms with van der Waals surface area (Å²) in [5.74, 6) is -0.373. The van der Waals surface area contributed by atoms with Gasteiger partial charge in [0.1, 0.15) is 11.6 Å². The van der Waals surface area contributed by atoms with E-state index in [9.17, 15) is 9.59 Å². The smallest absolute Gasteiger partial charge is 0.328 e. The van der Waals surface area contributed by atoms with E-state index in [4.69, 9.17) is 5.26 Å². The minimum Gasteiger partial charge on any atom is -0.333 e. The second-order valence-corrected chi connectivity index (χ2v) is 4.86. The van der Waals surface area contributed by atoms with Crippen molar-refractivity contribution in [3.63, 3.8) is 0 Å². The highest BCUT2D eigenvalue weighted by Crippen LogP contribution is 2.22. The molecule has 0 unspecified atom stereocenters. The molecule has 0 spiro atoms. The molecule has 0 atom stereocenters. The molecule has 7 heteroatoms. The number of nitrogens with zero attached hydrogens (tertiary/aromatic N) is 4. The summed E-state index contributed by atoms with van der Waals surface area (Å²) in [7, 11) is 3.43. The molecule has 1 N–H and O–H groups in total. The van der Waals surface area contributed by atoms with Crippen molar-refractivity contribution in [1.82, 2.24) is 14.5 Å². The number of rotatable bonds is 1. The second kappa shape index (κ2) is 4.52. The third kappa shape index (κ3) is 1.89. The normalized spacial score (nSPS) is 14.8. The van der Waals surface area contributed by atoms with E-state index >= 15 is 0 Å². The van der Waals surface area contributed by atoms with Crippen LogP contribution in [0.15, 0.2) is 34.8 Å². The summed E-state index contributed by atoms with van der Waals surface area (Å²) in [4.78, 5) is 25.1. The summed E-state index contributed by atoms with van der Waals surface area (Å²) in [6.07, 6.45) is 1.51. The minimum absolute atomic E-state index is 0.0586. The fraction of sp³-hybridized carbons (Fsp3) is 0.214. The van der Waals surface area contributed by atoms with Gasteiger partial charge in [-0.25, -0.2) is 4.79 Å². The monoisotopic (exact) mass is 283 g/mol. The topological polar surface area (TPSA) is 83.1 Å². The highest BCUT2D eigenvalue weighted by atomic mass is 16.2. The molecule has 2 aromatic rings. The number of carbonyl (C=O) groups is 1. The fourth-order valence-electron chi connectivity index (χ4n) is 2.43. The molecule has 21 heavy (non-hydrogen) atoms. The number of aryl methyl sites for hydroxylation is 2. The second-order valence-electron chi connectivity index (χ2n) is 4.86. The summed E-state index contributed by atoms with van der Waals surface area (Å²) in [6.45, 7) is 0.288. The van der Waals surface area contributed by atoms with Crippen molar-refractivity contribution in [3.05, 3.63) is 40.5 Å². The first-order chi connectivity index (χ1) is 10.0. The summed E-state index contributed by atoms with van der Waals surface area (Å²) < 4.78 is 3.14. The predicted octanol–water partition coefficient (Wildman–Crippen LogP) is 0.178. The number of carbonyl (C=O) groups excluding carboxylic acids is 1. The van der Waals surface area contributed by atoms with Gasteiger partial charge in [0.15, 0.2) is 0 Å². The fourth-order valence-corrected chi connectivity index (χ4v) is 2.43. The molecular weight excluding hydrogens is 270 g/mol. The number of hydrogen-bond donors (Lipinski definition) is 1. The molecule has 1 amide bonds. The maximum atomic E-state index is 11.9. The van der Waals surface area contributed by atoms with Crippen LogP contribution in [0.5, 0.6) is 0 Å². The molecule has 0 bridgehead atoms. The number of anilines is 1.